The van der Waals surface area contributed by atoms with Gasteiger partial charge in [-0.05, 0) is 31.5 Å². The first-order valence-corrected chi connectivity index (χ1v) is 7.75. The molecule has 20 heavy (non-hydrogen) atoms. The number of hydrogen-bond acceptors (Lipinski definition) is 4. The summed E-state index contributed by atoms with van der Waals surface area (Å²) in [6, 6.07) is 7.10. The van der Waals surface area contributed by atoms with Crippen LogP contribution >= 0.6 is 11.8 Å². The maximum Gasteiger partial charge on any atom is 0.238 e. The second-order valence-electron chi connectivity index (χ2n) is 4.54. The van der Waals surface area contributed by atoms with Crippen molar-refractivity contribution in [2.45, 2.75) is 6.92 Å². The lowest BCUT2D eigenvalue weighted by atomic mass is 10.2. The van der Waals surface area contributed by atoms with Gasteiger partial charge >= 0.3 is 0 Å². The highest BCUT2D eigenvalue weighted by molar-refractivity contribution is 7.98. The molecule has 0 saturated heterocycles. The lowest BCUT2D eigenvalue weighted by molar-refractivity contribution is -0.117. The van der Waals surface area contributed by atoms with Crippen molar-refractivity contribution < 1.29 is 9.59 Å². The van der Waals surface area contributed by atoms with Crippen molar-refractivity contribution in [1.29, 1.82) is 0 Å². The van der Waals surface area contributed by atoms with E-state index in [1.54, 1.807) is 36.0 Å². The topological polar surface area (TPSA) is 61.4 Å². The molecule has 0 fully saturated rings. The minimum absolute atomic E-state index is 0.0615. The van der Waals surface area contributed by atoms with E-state index in [0.29, 0.717) is 17.9 Å². The Morgan fingerprint density at radius 3 is 2.50 bits per heavy atom. The third kappa shape index (κ3) is 6.58. The van der Waals surface area contributed by atoms with Gasteiger partial charge in [-0.3, -0.25) is 14.5 Å². The first kappa shape index (κ1) is 16.5. The van der Waals surface area contributed by atoms with Crippen LogP contribution in [0.4, 0.5) is 11.4 Å². The number of nitrogens with zero attached hydrogens (tertiary/aromatic N) is 1. The van der Waals surface area contributed by atoms with Gasteiger partial charge in [0.05, 0.1) is 6.54 Å². The van der Waals surface area contributed by atoms with Gasteiger partial charge in [-0.15, -0.1) is 0 Å². The first-order valence-electron chi connectivity index (χ1n) is 6.36. The molecule has 0 saturated carbocycles. The van der Waals surface area contributed by atoms with Crippen molar-refractivity contribution in [1.82, 2.24) is 4.90 Å². The molecular weight excluding hydrogens is 274 g/mol. The van der Waals surface area contributed by atoms with Crippen molar-refractivity contribution in [3.8, 4) is 0 Å². The summed E-state index contributed by atoms with van der Waals surface area (Å²) in [5, 5.41) is 5.51. The SMILES string of the molecule is CSCCN(C)CC(=O)Nc1cccc(NC(C)=O)c1. The predicted molar refractivity (Wildman–Crippen MR) is 85.3 cm³/mol. The number of likely N-dealkylation sites (N-methyl/N-ethyl adjacent to an activating group) is 1. The van der Waals surface area contributed by atoms with Crippen molar-refractivity contribution in [3.63, 3.8) is 0 Å². The van der Waals surface area contributed by atoms with Gasteiger partial charge in [-0.1, -0.05) is 6.07 Å². The molecule has 1 aromatic carbocycles. The summed E-state index contributed by atoms with van der Waals surface area (Å²) < 4.78 is 0. The third-order valence-electron chi connectivity index (χ3n) is 2.56. The number of anilines is 2. The zero-order valence-corrected chi connectivity index (χ0v) is 12.9. The van der Waals surface area contributed by atoms with Crippen LogP contribution in [0.5, 0.6) is 0 Å². The number of nitrogens with one attached hydrogen (secondary N) is 2. The summed E-state index contributed by atoms with van der Waals surface area (Å²) in [5.41, 5.74) is 1.35. The van der Waals surface area contributed by atoms with E-state index in [-0.39, 0.29) is 11.8 Å². The molecule has 0 aromatic heterocycles. The Morgan fingerprint density at radius 1 is 1.25 bits per heavy atom. The molecular formula is C14H21N3O2S. The van der Waals surface area contributed by atoms with Gasteiger partial charge in [-0.2, -0.15) is 11.8 Å². The van der Waals surface area contributed by atoms with Gasteiger partial charge in [0.2, 0.25) is 11.8 Å². The number of rotatable bonds is 7. The van der Waals surface area contributed by atoms with Crippen molar-refractivity contribution in [3.05, 3.63) is 24.3 Å². The largest absolute Gasteiger partial charge is 0.326 e. The summed E-state index contributed by atoms with van der Waals surface area (Å²) in [5.74, 6) is 0.806. The van der Waals surface area contributed by atoms with Crippen LogP contribution in [0.3, 0.4) is 0 Å². The van der Waals surface area contributed by atoms with Crippen LogP contribution in [0.25, 0.3) is 0 Å². The highest BCUT2D eigenvalue weighted by Gasteiger charge is 2.07. The van der Waals surface area contributed by atoms with E-state index in [9.17, 15) is 9.59 Å². The summed E-state index contributed by atoms with van der Waals surface area (Å²) in [4.78, 5) is 24.8. The van der Waals surface area contributed by atoms with Crippen LogP contribution < -0.4 is 10.6 Å². The smallest absolute Gasteiger partial charge is 0.238 e. The van der Waals surface area contributed by atoms with Crippen LogP contribution in [0.1, 0.15) is 6.92 Å². The molecule has 2 amide bonds. The monoisotopic (exact) mass is 295 g/mol. The van der Waals surface area contributed by atoms with Crippen LogP contribution in [-0.2, 0) is 9.59 Å². The van der Waals surface area contributed by atoms with Gasteiger partial charge in [0.25, 0.3) is 0 Å². The molecule has 0 unspecified atom stereocenters. The van der Waals surface area contributed by atoms with Crippen LogP contribution in [0.15, 0.2) is 24.3 Å². The number of carbonyl (C=O) groups excluding carboxylic acids is 2. The molecule has 0 bridgehead atoms. The van der Waals surface area contributed by atoms with E-state index >= 15 is 0 Å². The molecule has 5 nitrogen and oxygen atoms in total. The Morgan fingerprint density at radius 2 is 1.90 bits per heavy atom. The number of hydrogen-bond donors (Lipinski definition) is 2. The Kier molecular flexibility index (Phi) is 7.11. The molecule has 1 aromatic rings. The second kappa shape index (κ2) is 8.60. The predicted octanol–water partition coefficient (Wildman–Crippen LogP) is 1.88. The summed E-state index contributed by atoms with van der Waals surface area (Å²) in [6.07, 6.45) is 2.04. The van der Waals surface area contributed by atoms with E-state index in [2.05, 4.69) is 10.6 Å². The second-order valence-corrected chi connectivity index (χ2v) is 5.53. The highest BCUT2D eigenvalue weighted by Crippen LogP contribution is 2.14. The zero-order valence-electron chi connectivity index (χ0n) is 12.1. The molecule has 0 spiro atoms. The Balaban J connectivity index is 2.51. The summed E-state index contributed by atoms with van der Waals surface area (Å²) in [7, 11) is 1.92. The molecule has 110 valence electrons. The van der Waals surface area contributed by atoms with Crippen molar-refractivity contribution >= 4 is 35.0 Å². The van der Waals surface area contributed by atoms with Gasteiger partial charge in [-0.25, -0.2) is 0 Å². The Bertz CT molecular complexity index is 465. The fraction of sp³-hybridized carbons (Fsp3) is 0.429. The standard InChI is InChI=1S/C14H21N3O2S/c1-11(18)15-12-5-4-6-13(9-12)16-14(19)10-17(2)7-8-20-3/h4-6,9H,7-8,10H2,1-3H3,(H,15,18)(H,16,19). The summed E-state index contributed by atoms with van der Waals surface area (Å²) in [6.45, 7) is 2.68. The Labute approximate surface area is 124 Å². The number of amides is 2. The number of benzene rings is 1. The molecule has 0 atom stereocenters. The molecule has 6 heteroatoms. The average Bonchev–Trinajstić information content (AvgIpc) is 2.35. The molecule has 0 aliphatic heterocycles. The van der Waals surface area contributed by atoms with Gasteiger partial charge < -0.3 is 10.6 Å². The molecule has 2 N–H and O–H groups in total. The number of carbonyl (C=O) groups is 2. The van der Waals surface area contributed by atoms with E-state index < -0.39 is 0 Å². The Hall–Kier alpha value is -1.53. The molecule has 0 aliphatic rings. The fourth-order valence-electron chi connectivity index (χ4n) is 1.65. The molecule has 0 aliphatic carbocycles. The van der Waals surface area contributed by atoms with Gasteiger partial charge in [0.1, 0.15) is 0 Å². The lowest BCUT2D eigenvalue weighted by Crippen LogP contribution is -2.31. The lowest BCUT2D eigenvalue weighted by Gasteiger charge is -2.15. The average molecular weight is 295 g/mol. The quantitative estimate of drug-likeness (QED) is 0.806. The molecule has 1 rings (SSSR count). The number of thioether (sulfide) groups is 1. The highest BCUT2D eigenvalue weighted by atomic mass is 32.2. The normalized spacial score (nSPS) is 10.4. The molecule has 0 radical (unpaired) electrons. The first-order chi connectivity index (χ1) is 9.51. The maximum atomic E-state index is 11.9. The fourth-order valence-corrected chi connectivity index (χ4v) is 2.14. The van der Waals surface area contributed by atoms with Gasteiger partial charge in [0, 0.05) is 30.6 Å². The van der Waals surface area contributed by atoms with Crippen LogP contribution in [-0.4, -0.2) is 48.9 Å². The maximum absolute atomic E-state index is 11.9. The van der Waals surface area contributed by atoms with Crippen molar-refractivity contribution in [2.24, 2.45) is 0 Å². The van der Waals surface area contributed by atoms with E-state index in [1.807, 2.05) is 18.2 Å². The van der Waals surface area contributed by atoms with E-state index in [1.165, 1.54) is 6.92 Å². The minimum atomic E-state index is -0.134. The third-order valence-corrected chi connectivity index (χ3v) is 3.15. The van der Waals surface area contributed by atoms with Crippen LogP contribution in [0, 0.1) is 0 Å². The van der Waals surface area contributed by atoms with Crippen molar-refractivity contribution in [2.75, 3.05) is 42.8 Å². The van der Waals surface area contributed by atoms with E-state index in [0.717, 1.165) is 12.3 Å². The summed E-state index contributed by atoms with van der Waals surface area (Å²) >= 11 is 1.76. The van der Waals surface area contributed by atoms with Gasteiger partial charge in [0.15, 0.2) is 0 Å². The van der Waals surface area contributed by atoms with Crippen LogP contribution in [0.2, 0.25) is 0 Å². The zero-order chi connectivity index (χ0) is 15.0. The molecule has 0 heterocycles. The minimum Gasteiger partial charge on any atom is -0.326 e. The van der Waals surface area contributed by atoms with E-state index in [4.69, 9.17) is 0 Å².